The Balaban J connectivity index is 4.55. The molecule has 0 fully saturated rings. The van der Waals surface area contributed by atoms with E-state index in [-0.39, 0.29) is 22.9 Å². The fourth-order valence-corrected chi connectivity index (χ4v) is 2.75. The van der Waals surface area contributed by atoms with Gasteiger partial charge in [0.1, 0.15) is 0 Å². The highest BCUT2D eigenvalue weighted by Crippen LogP contribution is 2.26. The molecule has 1 amide bonds. The molecule has 0 aliphatic heterocycles. The minimum absolute atomic E-state index is 0.0563. The van der Waals surface area contributed by atoms with Crippen molar-refractivity contribution in [2.24, 2.45) is 5.41 Å². The van der Waals surface area contributed by atoms with Gasteiger partial charge in [0.05, 0.1) is 6.04 Å². The van der Waals surface area contributed by atoms with E-state index in [4.69, 9.17) is 0 Å². The van der Waals surface area contributed by atoms with Crippen LogP contribution in [0.15, 0.2) is 0 Å². The standard InChI is InChI=1S/C15H32N2O/c1-9-17(10-2)12(3)13(18)16-15(7,8)11-14(4,5)6/h12H,9-11H2,1-8H3,(H,16,18). The van der Waals surface area contributed by atoms with Crippen LogP contribution < -0.4 is 5.32 Å². The van der Waals surface area contributed by atoms with E-state index in [0.29, 0.717) is 0 Å². The molecule has 1 atom stereocenters. The number of nitrogens with one attached hydrogen (secondary N) is 1. The zero-order valence-corrected chi connectivity index (χ0v) is 13.6. The van der Waals surface area contributed by atoms with E-state index in [1.54, 1.807) is 0 Å². The molecule has 108 valence electrons. The van der Waals surface area contributed by atoms with Crippen molar-refractivity contribution in [2.45, 2.75) is 73.4 Å². The molecule has 18 heavy (non-hydrogen) atoms. The quantitative estimate of drug-likeness (QED) is 0.792. The Morgan fingerprint density at radius 2 is 1.56 bits per heavy atom. The first-order chi connectivity index (χ1) is 8.02. The first-order valence-corrected chi connectivity index (χ1v) is 7.08. The Kier molecular flexibility index (Phi) is 6.35. The summed E-state index contributed by atoms with van der Waals surface area (Å²) < 4.78 is 0. The van der Waals surface area contributed by atoms with Crippen LogP contribution in [-0.4, -0.2) is 35.5 Å². The Morgan fingerprint density at radius 3 is 1.89 bits per heavy atom. The third-order valence-corrected chi connectivity index (χ3v) is 3.17. The highest BCUT2D eigenvalue weighted by Gasteiger charge is 2.29. The van der Waals surface area contributed by atoms with E-state index >= 15 is 0 Å². The van der Waals surface area contributed by atoms with Crippen LogP contribution in [0.4, 0.5) is 0 Å². The number of hydrogen-bond acceptors (Lipinski definition) is 2. The second-order valence-electron chi connectivity index (χ2n) is 7.01. The van der Waals surface area contributed by atoms with E-state index in [9.17, 15) is 4.79 Å². The highest BCUT2D eigenvalue weighted by molar-refractivity contribution is 5.82. The topological polar surface area (TPSA) is 32.3 Å². The summed E-state index contributed by atoms with van der Waals surface area (Å²) in [6, 6.07) is -0.0563. The van der Waals surface area contributed by atoms with Gasteiger partial charge in [0.2, 0.25) is 5.91 Å². The lowest BCUT2D eigenvalue weighted by Crippen LogP contribution is -2.53. The van der Waals surface area contributed by atoms with Gasteiger partial charge in [-0.05, 0) is 45.7 Å². The van der Waals surface area contributed by atoms with Crippen molar-refractivity contribution in [1.29, 1.82) is 0 Å². The number of carbonyl (C=O) groups excluding carboxylic acids is 1. The van der Waals surface area contributed by atoms with Crippen molar-refractivity contribution in [3.63, 3.8) is 0 Å². The van der Waals surface area contributed by atoms with Gasteiger partial charge in [-0.2, -0.15) is 0 Å². The number of hydrogen-bond donors (Lipinski definition) is 1. The third kappa shape index (κ3) is 6.39. The van der Waals surface area contributed by atoms with Gasteiger partial charge in [-0.15, -0.1) is 0 Å². The molecule has 0 saturated carbocycles. The minimum Gasteiger partial charge on any atom is -0.350 e. The first kappa shape index (κ1) is 17.4. The fraction of sp³-hybridized carbons (Fsp3) is 0.933. The van der Waals surface area contributed by atoms with E-state index in [1.807, 2.05) is 6.92 Å². The van der Waals surface area contributed by atoms with Gasteiger partial charge in [-0.1, -0.05) is 34.6 Å². The van der Waals surface area contributed by atoms with Crippen LogP contribution in [0.5, 0.6) is 0 Å². The van der Waals surface area contributed by atoms with Gasteiger partial charge in [-0.3, -0.25) is 9.69 Å². The van der Waals surface area contributed by atoms with Crippen LogP contribution in [0.3, 0.4) is 0 Å². The molecular weight excluding hydrogens is 224 g/mol. The molecule has 1 unspecified atom stereocenters. The highest BCUT2D eigenvalue weighted by atomic mass is 16.2. The van der Waals surface area contributed by atoms with Crippen LogP contribution in [0.25, 0.3) is 0 Å². The van der Waals surface area contributed by atoms with Crippen molar-refractivity contribution >= 4 is 5.91 Å². The van der Waals surface area contributed by atoms with Crippen molar-refractivity contribution in [1.82, 2.24) is 10.2 Å². The number of carbonyl (C=O) groups is 1. The molecule has 0 saturated heterocycles. The van der Waals surface area contributed by atoms with E-state index in [0.717, 1.165) is 19.5 Å². The SMILES string of the molecule is CCN(CC)C(C)C(=O)NC(C)(C)CC(C)(C)C. The second kappa shape index (κ2) is 6.55. The molecule has 0 rings (SSSR count). The average Bonchev–Trinajstić information content (AvgIpc) is 2.14. The predicted molar refractivity (Wildman–Crippen MR) is 78.7 cm³/mol. The molecule has 0 aliphatic rings. The summed E-state index contributed by atoms with van der Waals surface area (Å²) in [5.41, 5.74) is 0.0615. The molecule has 0 spiro atoms. The minimum atomic E-state index is -0.156. The summed E-state index contributed by atoms with van der Waals surface area (Å²) >= 11 is 0. The molecule has 0 aliphatic carbocycles. The normalized spacial score (nSPS) is 14.7. The Labute approximate surface area is 113 Å². The fourth-order valence-electron chi connectivity index (χ4n) is 2.75. The zero-order valence-electron chi connectivity index (χ0n) is 13.6. The van der Waals surface area contributed by atoms with Gasteiger partial charge in [0.25, 0.3) is 0 Å². The molecule has 0 bridgehead atoms. The second-order valence-corrected chi connectivity index (χ2v) is 7.01. The molecule has 0 heterocycles. The summed E-state index contributed by atoms with van der Waals surface area (Å²) in [5.74, 6) is 0.132. The summed E-state index contributed by atoms with van der Waals surface area (Å²) in [6.45, 7) is 18.8. The lowest BCUT2D eigenvalue weighted by atomic mass is 9.81. The largest absolute Gasteiger partial charge is 0.350 e. The number of amides is 1. The monoisotopic (exact) mass is 256 g/mol. The molecule has 0 aromatic heterocycles. The van der Waals surface area contributed by atoms with Crippen LogP contribution in [0.1, 0.15) is 61.8 Å². The van der Waals surface area contributed by atoms with E-state index in [2.05, 4.69) is 58.7 Å². The van der Waals surface area contributed by atoms with Gasteiger partial charge in [0.15, 0.2) is 0 Å². The summed E-state index contributed by atoms with van der Waals surface area (Å²) in [4.78, 5) is 14.4. The van der Waals surface area contributed by atoms with Crippen molar-refractivity contribution < 1.29 is 4.79 Å². The van der Waals surface area contributed by atoms with Gasteiger partial charge >= 0.3 is 0 Å². The lowest BCUT2D eigenvalue weighted by molar-refractivity contribution is -0.127. The maximum Gasteiger partial charge on any atom is 0.237 e. The molecule has 3 nitrogen and oxygen atoms in total. The smallest absolute Gasteiger partial charge is 0.237 e. The van der Waals surface area contributed by atoms with Crippen molar-refractivity contribution in [3.05, 3.63) is 0 Å². The van der Waals surface area contributed by atoms with Crippen LogP contribution in [-0.2, 0) is 4.79 Å². The molecule has 1 N–H and O–H groups in total. The molecule has 0 radical (unpaired) electrons. The Morgan fingerprint density at radius 1 is 1.11 bits per heavy atom. The van der Waals surface area contributed by atoms with Crippen molar-refractivity contribution in [3.8, 4) is 0 Å². The maximum atomic E-state index is 12.3. The Bertz CT molecular complexity index is 262. The lowest BCUT2D eigenvalue weighted by Gasteiger charge is -2.35. The molecule has 3 heteroatoms. The Hall–Kier alpha value is -0.570. The predicted octanol–water partition coefficient (Wildman–Crippen LogP) is 3.05. The number of rotatable bonds is 6. The van der Waals surface area contributed by atoms with Crippen LogP contribution >= 0.6 is 0 Å². The van der Waals surface area contributed by atoms with Crippen LogP contribution in [0, 0.1) is 5.41 Å². The molecule has 0 aromatic carbocycles. The third-order valence-electron chi connectivity index (χ3n) is 3.17. The molecular formula is C15H32N2O. The van der Waals surface area contributed by atoms with E-state index in [1.165, 1.54) is 0 Å². The average molecular weight is 256 g/mol. The summed E-state index contributed by atoms with van der Waals surface area (Å²) in [6.07, 6.45) is 0.969. The number of likely N-dealkylation sites (N-methyl/N-ethyl adjacent to an activating group) is 1. The maximum absolute atomic E-state index is 12.3. The van der Waals surface area contributed by atoms with Crippen molar-refractivity contribution in [2.75, 3.05) is 13.1 Å². The summed E-state index contributed by atoms with van der Waals surface area (Å²) in [5, 5.41) is 3.18. The van der Waals surface area contributed by atoms with Gasteiger partial charge in [0, 0.05) is 5.54 Å². The summed E-state index contributed by atoms with van der Waals surface area (Å²) in [7, 11) is 0. The number of nitrogens with zero attached hydrogens (tertiary/aromatic N) is 1. The zero-order chi connectivity index (χ0) is 14.6. The molecule has 0 aromatic rings. The van der Waals surface area contributed by atoms with Gasteiger partial charge in [-0.25, -0.2) is 0 Å². The first-order valence-electron chi connectivity index (χ1n) is 7.08. The van der Waals surface area contributed by atoms with Crippen LogP contribution in [0.2, 0.25) is 0 Å². The van der Waals surface area contributed by atoms with Gasteiger partial charge < -0.3 is 5.32 Å². The van der Waals surface area contributed by atoms with E-state index < -0.39 is 0 Å².